The third kappa shape index (κ3) is 3.45. The van der Waals surface area contributed by atoms with Crippen LogP contribution in [0.1, 0.15) is 29.9 Å². The van der Waals surface area contributed by atoms with Gasteiger partial charge in [0.25, 0.3) is 5.56 Å². The number of rotatable bonds is 4. The Morgan fingerprint density at radius 1 is 1.07 bits per heavy atom. The molecule has 2 fully saturated rings. The van der Waals surface area contributed by atoms with Crippen LogP contribution in [0.2, 0.25) is 0 Å². The predicted molar refractivity (Wildman–Crippen MR) is 110 cm³/mol. The molecule has 0 unspecified atom stereocenters. The lowest BCUT2D eigenvalue weighted by Gasteiger charge is -2.35. The van der Waals surface area contributed by atoms with Crippen molar-refractivity contribution in [1.29, 1.82) is 0 Å². The standard InChI is InChI=1S/C21H24N6O/c22-16-3-4-20(24-12-16)27-7-5-26(6-8-27)13-14-9-19-18(23-11-14)10-17(15-1-2-15)21(28)25-19/h3-4,9-12,15H,1-2,5-8,13,22H2,(H,25,28). The quantitative estimate of drug-likeness (QED) is 0.725. The van der Waals surface area contributed by atoms with Crippen molar-refractivity contribution < 1.29 is 0 Å². The SMILES string of the molecule is Nc1ccc(N2CCN(Cc3cnc4cc(C5CC5)c(=O)[nH]c4c3)CC2)nc1. The van der Waals surface area contributed by atoms with E-state index >= 15 is 0 Å². The Bertz CT molecular complexity index is 1050. The Balaban J connectivity index is 1.26. The number of piperazine rings is 1. The lowest BCUT2D eigenvalue weighted by Crippen LogP contribution is -2.46. The zero-order valence-electron chi connectivity index (χ0n) is 15.8. The van der Waals surface area contributed by atoms with Gasteiger partial charge < -0.3 is 15.6 Å². The summed E-state index contributed by atoms with van der Waals surface area (Å²) in [5, 5.41) is 0. The van der Waals surface area contributed by atoms with Crippen LogP contribution in [-0.4, -0.2) is 46.0 Å². The van der Waals surface area contributed by atoms with Crippen LogP contribution >= 0.6 is 0 Å². The predicted octanol–water partition coefficient (Wildman–Crippen LogP) is 2.10. The summed E-state index contributed by atoms with van der Waals surface area (Å²) in [6.07, 6.45) is 5.87. The van der Waals surface area contributed by atoms with Gasteiger partial charge in [0.1, 0.15) is 5.82 Å². The molecule has 0 spiro atoms. The number of nitrogens with two attached hydrogens (primary N) is 1. The van der Waals surface area contributed by atoms with Gasteiger partial charge >= 0.3 is 0 Å². The highest BCUT2D eigenvalue weighted by Crippen LogP contribution is 2.38. The molecule has 0 radical (unpaired) electrons. The largest absolute Gasteiger partial charge is 0.397 e. The first-order valence-electron chi connectivity index (χ1n) is 9.86. The lowest BCUT2D eigenvalue weighted by atomic mass is 10.1. The molecule has 4 heterocycles. The Morgan fingerprint density at radius 2 is 1.89 bits per heavy atom. The maximum absolute atomic E-state index is 12.3. The number of pyridine rings is 3. The average Bonchev–Trinajstić information content (AvgIpc) is 3.54. The van der Waals surface area contributed by atoms with Gasteiger partial charge in [-0.25, -0.2) is 4.98 Å². The fourth-order valence-corrected chi connectivity index (χ4v) is 3.90. The first-order valence-corrected chi connectivity index (χ1v) is 9.86. The van der Waals surface area contributed by atoms with E-state index in [1.165, 1.54) is 0 Å². The van der Waals surface area contributed by atoms with Crippen molar-refractivity contribution in [2.24, 2.45) is 0 Å². The number of nitrogen functional groups attached to an aromatic ring is 1. The molecular formula is C21H24N6O. The van der Waals surface area contributed by atoms with E-state index in [1.807, 2.05) is 24.4 Å². The van der Waals surface area contributed by atoms with Crippen molar-refractivity contribution in [2.75, 3.05) is 36.8 Å². The second-order valence-electron chi connectivity index (χ2n) is 7.82. The topological polar surface area (TPSA) is 91.1 Å². The maximum Gasteiger partial charge on any atom is 0.252 e. The first-order chi connectivity index (χ1) is 13.7. The Morgan fingerprint density at radius 3 is 2.61 bits per heavy atom. The zero-order valence-corrected chi connectivity index (χ0v) is 15.8. The van der Waals surface area contributed by atoms with Crippen molar-refractivity contribution in [1.82, 2.24) is 19.9 Å². The molecule has 1 saturated carbocycles. The second-order valence-corrected chi connectivity index (χ2v) is 7.82. The molecule has 2 aliphatic rings. The second kappa shape index (κ2) is 6.91. The van der Waals surface area contributed by atoms with Crippen molar-refractivity contribution in [3.05, 3.63) is 58.1 Å². The Hall–Kier alpha value is -2.93. The molecule has 5 rings (SSSR count). The molecule has 3 aromatic heterocycles. The average molecular weight is 376 g/mol. The van der Waals surface area contributed by atoms with Crippen molar-refractivity contribution in [2.45, 2.75) is 25.3 Å². The number of nitrogens with zero attached hydrogens (tertiary/aromatic N) is 4. The highest BCUT2D eigenvalue weighted by molar-refractivity contribution is 5.75. The van der Waals surface area contributed by atoms with Crippen LogP contribution in [0.4, 0.5) is 11.5 Å². The smallest absolute Gasteiger partial charge is 0.252 e. The van der Waals surface area contributed by atoms with Gasteiger partial charge in [0.15, 0.2) is 0 Å². The number of hydrogen-bond acceptors (Lipinski definition) is 6. The molecule has 3 N–H and O–H groups in total. The van der Waals surface area contributed by atoms with Crippen LogP contribution in [0.5, 0.6) is 0 Å². The van der Waals surface area contributed by atoms with Gasteiger partial charge in [-0.1, -0.05) is 0 Å². The summed E-state index contributed by atoms with van der Waals surface area (Å²) < 4.78 is 0. The summed E-state index contributed by atoms with van der Waals surface area (Å²) in [6.45, 7) is 4.61. The third-order valence-electron chi connectivity index (χ3n) is 5.67. The number of aromatic nitrogens is 3. The summed E-state index contributed by atoms with van der Waals surface area (Å²) in [4.78, 5) is 29.0. The number of anilines is 2. The van der Waals surface area contributed by atoms with Gasteiger partial charge in [-0.3, -0.25) is 14.7 Å². The fraction of sp³-hybridized carbons (Fsp3) is 0.381. The minimum atomic E-state index is 0.0403. The van der Waals surface area contributed by atoms with E-state index in [1.54, 1.807) is 6.20 Å². The highest BCUT2D eigenvalue weighted by atomic mass is 16.1. The maximum atomic E-state index is 12.3. The third-order valence-corrected chi connectivity index (χ3v) is 5.67. The van der Waals surface area contributed by atoms with Crippen molar-refractivity contribution in [3.63, 3.8) is 0 Å². The van der Waals surface area contributed by atoms with Gasteiger partial charge in [-0.15, -0.1) is 0 Å². The molecule has 1 aliphatic heterocycles. The van der Waals surface area contributed by atoms with Crippen LogP contribution < -0.4 is 16.2 Å². The first kappa shape index (κ1) is 17.2. The van der Waals surface area contributed by atoms with Crippen molar-refractivity contribution >= 4 is 22.5 Å². The van der Waals surface area contributed by atoms with E-state index in [0.29, 0.717) is 11.6 Å². The van der Waals surface area contributed by atoms with E-state index in [0.717, 1.165) is 73.5 Å². The number of H-pyrrole nitrogens is 1. The zero-order chi connectivity index (χ0) is 19.1. The number of hydrogen-bond donors (Lipinski definition) is 2. The van der Waals surface area contributed by atoms with E-state index < -0.39 is 0 Å². The normalized spacial score (nSPS) is 17.9. The van der Waals surface area contributed by atoms with Crippen LogP contribution in [-0.2, 0) is 6.54 Å². The molecule has 28 heavy (non-hydrogen) atoms. The van der Waals surface area contributed by atoms with Crippen LogP contribution in [0.25, 0.3) is 11.0 Å². The fourth-order valence-electron chi connectivity index (χ4n) is 3.90. The minimum Gasteiger partial charge on any atom is -0.397 e. The molecule has 1 aliphatic carbocycles. The van der Waals surface area contributed by atoms with Crippen molar-refractivity contribution in [3.8, 4) is 0 Å². The summed E-state index contributed by atoms with van der Waals surface area (Å²) in [6, 6.07) is 7.90. The molecule has 0 amide bonds. The summed E-state index contributed by atoms with van der Waals surface area (Å²) in [5.74, 6) is 1.41. The van der Waals surface area contributed by atoms with Gasteiger partial charge in [-0.2, -0.15) is 0 Å². The summed E-state index contributed by atoms with van der Waals surface area (Å²) in [5.41, 5.74) is 10.2. The monoisotopic (exact) mass is 376 g/mol. The molecule has 7 nitrogen and oxygen atoms in total. The molecule has 1 saturated heterocycles. The van der Waals surface area contributed by atoms with Gasteiger partial charge in [0.05, 0.1) is 22.9 Å². The minimum absolute atomic E-state index is 0.0403. The Kier molecular flexibility index (Phi) is 4.24. The van der Waals surface area contributed by atoms with Gasteiger partial charge in [0, 0.05) is 44.5 Å². The molecule has 0 atom stereocenters. The number of aromatic amines is 1. The number of fused-ring (bicyclic) bond motifs is 1. The molecule has 0 aromatic carbocycles. The lowest BCUT2D eigenvalue weighted by molar-refractivity contribution is 0.249. The summed E-state index contributed by atoms with van der Waals surface area (Å²) in [7, 11) is 0. The van der Waals surface area contributed by atoms with Crippen LogP contribution in [0.15, 0.2) is 41.5 Å². The Labute approximate surface area is 163 Å². The number of nitrogens with one attached hydrogen (secondary N) is 1. The van der Waals surface area contributed by atoms with Crippen LogP contribution in [0.3, 0.4) is 0 Å². The van der Waals surface area contributed by atoms with Gasteiger partial charge in [0.2, 0.25) is 0 Å². The van der Waals surface area contributed by atoms with E-state index in [2.05, 4.69) is 30.8 Å². The molecule has 7 heteroatoms. The molecule has 144 valence electrons. The van der Waals surface area contributed by atoms with Gasteiger partial charge in [-0.05, 0) is 48.6 Å². The van der Waals surface area contributed by atoms with E-state index in [-0.39, 0.29) is 5.56 Å². The van der Waals surface area contributed by atoms with E-state index in [4.69, 9.17) is 5.73 Å². The molecular weight excluding hydrogens is 352 g/mol. The molecule has 0 bridgehead atoms. The highest BCUT2D eigenvalue weighted by Gasteiger charge is 2.26. The van der Waals surface area contributed by atoms with Crippen LogP contribution in [0, 0.1) is 0 Å². The molecule has 3 aromatic rings. The van der Waals surface area contributed by atoms with E-state index in [9.17, 15) is 4.79 Å². The summed E-state index contributed by atoms with van der Waals surface area (Å²) >= 11 is 0.